The lowest BCUT2D eigenvalue weighted by Gasteiger charge is -2.22. The minimum absolute atomic E-state index is 0.157. The van der Waals surface area contributed by atoms with Crippen LogP contribution in [0.4, 0.5) is 4.79 Å². The number of amides is 3. The molecule has 3 rings (SSSR count). The largest absolute Gasteiger partial charge is 0.492 e. The maximum atomic E-state index is 12.8. The average molecular weight is 349 g/mol. The highest BCUT2D eigenvalue weighted by molar-refractivity contribution is 6.07. The number of benzene rings is 2. The van der Waals surface area contributed by atoms with Crippen molar-refractivity contribution in [1.82, 2.24) is 10.2 Å². The van der Waals surface area contributed by atoms with E-state index in [9.17, 15) is 9.59 Å². The Morgan fingerprint density at radius 1 is 1.12 bits per heavy atom. The summed E-state index contributed by atoms with van der Waals surface area (Å²) in [7, 11) is 0. The number of nitrogens with one attached hydrogen (secondary N) is 1. The fourth-order valence-electron chi connectivity index (χ4n) is 2.86. The van der Waals surface area contributed by atoms with Crippen LogP contribution in [0.25, 0.3) is 0 Å². The normalized spacial score (nSPS) is 19.2. The van der Waals surface area contributed by atoms with Crippen LogP contribution in [0.2, 0.25) is 0 Å². The van der Waals surface area contributed by atoms with Gasteiger partial charge in [0, 0.05) is 0 Å². The van der Waals surface area contributed by atoms with Gasteiger partial charge in [0.15, 0.2) is 0 Å². The topological polar surface area (TPSA) is 82.4 Å². The lowest BCUT2D eigenvalue weighted by atomic mass is 9.91. The number of hydrogen-bond acceptors (Lipinski definition) is 4. The molecule has 2 aromatic rings. The van der Waals surface area contributed by atoms with Gasteiger partial charge < -0.3 is 10.1 Å². The Morgan fingerprint density at radius 2 is 1.77 bits per heavy atom. The molecule has 0 radical (unpaired) electrons. The van der Waals surface area contributed by atoms with Crippen LogP contribution in [0, 0.1) is 18.3 Å². The molecule has 1 fully saturated rings. The maximum Gasteiger partial charge on any atom is 0.325 e. The number of ether oxygens (including phenoxy) is 1. The van der Waals surface area contributed by atoms with Crippen molar-refractivity contribution in [2.24, 2.45) is 0 Å². The Morgan fingerprint density at radius 3 is 2.38 bits per heavy atom. The van der Waals surface area contributed by atoms with E-state index in [0.717, 1.165) is 10.5 Å². The van der Waals surface area contributed by atoms with Crippen molar-refractivity contribution in [1.29, 1.82) is 5.26 Å². The van der Waals surface area contributed by atoms with Gasteiger partial charge in [-0.2, -0.15) is 5.26 Å². The van der Waals surface area contributed by atoms with Crippen molar-refractivity contribution in [2.75, 3.05) is 13.2 Å². The molecule has 0 aliphatic carbocycles. The van der Waals surface area contributed by atoms with Crippen LogP contribution in [-0.2, 0) is 10.3 Å². The van der Waals surface area contributed by atoms with Crippen LogP contribution in [0.1, 0.15) is 23.6 Å². The molecule has 1 unspecified atom stereocenters. The Hall–Kier alpha value is -3.33. The predicted molar refractivity (Wildman–Crippen MR) is 95.4 cm³/mol. The number of imide groups is 1. The Labute approximate surface area is 152 Å². The second-order valence-electron chi connectivity index (χ2n) is 6.36. The molecule has 1 saturated heterocycles. The number of nitrogens with zero attached hydrogens (tertiary/aromatic N) is 2. The standard InChI is InChI=1S/C20H19N3O3/c1-14-3-9-17(10-4-14)26-12-11-23-18(24)20(2,22-19(23)25)16-7-5-15(13-21)6-8-16/h3-10H,11-12H2,1-2H3,(H,22,25). The second-order valence-corrected chi connectivity index (χ2v) is 6.36. The van der Waals surface area contributed by atoms with E-state index in [2.05, 4.69) is 5.32 Å². The molecular weight excluding hydrogens is 330 g/mol. The number of nitriles is 1. The summed E-state index contributed by atoms with van der Waals surface area (Å²) < 4.78 is 5.61. The van der Waals surface area contributed by atoms with Gasteiger partial charge in [0.25, 0.3) is 5.91 Å². The van der Waals surface area contributed by atoms with Gasteiger partial charge in [-0.1, -0.05) is 29.8 Å². The van der Waals surface area contributed by atoms with Gasteiger partial charge in [0.05, 0.1) is 18.2 Å². The summed E-state index contributed by atoms with van der Waals surface area (Å²) >= 11 is 0. The maximum absolute atomic E-state index is 12.8. The molecule has 26 heavy (non-hydrogen) atoms. The van der Waals surface area contributed by atoms with E-state index in [-0.39, 0.29) is 19.1 Å². The number of aryl methyl sites for hydroxylation is 1. The average Bonchev–Trinajstić information content (AvgIpc) is 2.87. The third kappa shape index (κ3) is 3.24. The molecule has 132 valence electrons. The smallest absolute Gasteiger partial charge is 0.325 e. The first-order valence-electron chi connectivity index (χ1n) is 8.28. The van der Waals surface area contributed by atoms with Gasteiger partial charge in [0.2, 0.25) is 0 Å². The number of carbonyl (C=O) groups excluding carboxylic acids is 2. The highest BCUT2D eigenvalue weighted by atomic mass is 16.5. The molecule has 1 aliphatic heterocycles. The number of rotatable bonds is 5. The zero-order chi connectivity index (χ0) is 18.7. The van der Waals surface area contributed by atoms with Crippen LogP contribution in [-0.4, -0.2) is 30.0 Å². The molecule has 3 amide bonds. The Balaban J connectivity index is 1.67. The SMILES string of the molecule is Cc1ccc(OCCN2C(=O)NC(C)(c3ccc(C#N)cc3)C2=O)cc1. The molecule has 0 saturated carbocycles. The molecule has 1 aliphatic rings. The van der Waals surface area contributed by atoms with Crippen LogP contribution < -0.4 is 10.1 Å². The number of carbonyl (C=O) groups is 2. The minimum atomic E-state index is -1.14. The molecule has 0 bridgehead atoms. The summed E-state index contributed by atoms with van der Waals surface area (Å²) in [6.45, 7) is 4.02. The molecular formula is C20H19N3O3. The van der Waals surface area contributed by atoms with E-state index in [1.54, 1.807) is 31.2 Å². The van der Waals surface area contributed by atoms with E-state index < -0.39 is 11.6 Å². The number of urea groups is 1. The van der Waals surface area contributed by atoms with Crippen LogP contribution in [0.3, 0.4) is 0 Å². The predicted octanol–water partition coefficient (Wildman–Crippen LogP) is 2.71. The van der Waals surface area contributed by atoms with Crippen molar-refractivity contribution in [3.63, 3.8) is 0 Å². The molecule has 0 aromatic heterocycles. The fraction of sp³-hybridized carbons (Fsp3) is 0.250. The Bertz CT molecular complexity index is 869. The first-order valence-corrected chi connectivity index (χ1v) is 8.28. The third-order valence-corrected chi connectivity index (χ3v) is 4.47. The van der Waals surface area contributed by atoms with E-state index in [0.29, 0.717) is 16.9 Å². The van der Waals surface area contributed by atoms with Crippen LogP contribution in [0.5, 0.6) is 5.75 Å². The van der Waals surface area contributed by atoms with Crippen LogP contribution in [0.15, 0.2) is 48.5 Å². The molecule has 1 heterocycles. The fourth-order valence-corrected chi connectivity index (χ4v) is 2.86. The molecule has 6 heteroatoms. The van der Waals surface area contributed by atoms with Crippen molar-refractivity contribution in [2.45, 2.75) is 19.4 Å². The van der Waals surface area contributed by atoms with Crippen molar-refractivity contribution >= 4 is 11.9 Å². The summed E-state index contributed by atoms with van der Waals surface area (Å²) in [5, 5.41) is 11.6. The lowest BCUT2D eigenvalue weighted by Crippen LogP contribution is -2.41. The highest BCUT2D eigenvalue weighted by Crippen LogP contribution is 2.28. The second kappa shape index (κ2) is 6.89. The molecule has 2 aromatic carbocycles. The summed E-state index contributed by atoms with van der Waals surface area (Å²) in [4.78, 5) is 26.2. The summed E-state index contributed by atoms with van der Waals surface area (Å²) in [5.74, 6) is 0.359. The van der Waals surface area contributed by atoms with Gasteiger partial charge in [-0.05, 0) is 43.7 Å². The third-order valence-electron chi connectivity index (χ3n) is 4.47. The van der Waals surface area contributed by atoms with Gasteiger partial charge >= 0.3 is 6.03 Å². The van der Waals surface area contributed by atoms with Crippen molar-refractivity contribution in [3.8, 4) is 11.8 Å². The number of hydrogen-bond donors (Lipinski definition) is 1. The molecule has 1 atom stereocenters. The van der Waals surface area contributed by atoms with Gasteiger partial charge in [0.1, 0.15) is 17.9 Å². The first-order chi connectivity index (χ1) is 12.4. The highest BCUT2D eigenvalue weighted by Gasteiger charge is 2.48. The minimum Gasteiger partial charge on any atom is -0.492 e. The van der Waals surface area contributed by atoms with E-state index in [1.165, 1.54) is 0 Å². The van der Waals surface area contributed by atoms with E-state index >= 15 is 0 Å². The zero-order valence-corrected chi connectivity index (χ0v) is 14.7. The van der Waals surface area contributed by atoms with E-state index in [1.807, 2.05) is 37.3 Å². The van der Waals surface area contributed by atoms with E-state index in [4.69, 9.17) is 10.00 Å². The zero-order valence-electron chi connectivity index (χ0n) is 14.7. The molecule has 6 nitrogen and oxygen atoms in total. The summed E-state index contributed by atoms with van der Waals surface area (Å²) in [5.41, 5.74) is 1.12. The Kier molecular flexibility index (Phi) is 4.63. The van der Waals surface area contributed by atoms with Crippen molar-refractivity contribution < 1.29 is 14.3 Å². The first kappa shape index (κ1) is 17.5. The molecule has 1 N–H and O–H groups in total. The quantitative estimate of drug-likeness (QED) is 0.842. The van der Waals surface area contributed by atoms with Gasteiger partial charge in [-0.25, -0.2) is 4.79 Å². The monoisotopic (exact) mass is 349 g/mol. The summed E-state index contributed by atoms with van der Waals surface area (Å²) in [6.07, 6.45) is 0. The lowest BCUT2D eigenvalue weighted by molar-refractivity contribution is -0.131. The van der Waals surface area contributed by atoms with Gasteiger partial charge in [-0.3, -0.25) is 9.69 Å². The van der Waals surface area contributed by atoms with Crippen molar-refractivity contribution in [3.05, 3.63) is 65.2 Å². The van der Waals surface area contributed by atoms with Crippen LogP contribution >= 0.6 is 0 Å². The van der Waals surface area contributed by atoms with Gasteiger partial charge in [-0.15, -0.1) is 0 Å². The molecule has 0 spiro atoms. The summed E-state index contributed by atoms with van der Waals surface area (Å²) in [6, 6.07) is 15.8.